The van der Waals surface area contributed by atoms with Crippen molar-refractivity contribution in [2.24, 2.45) is 0 Å². The van der Waals surface area contributed by atoms with Crippen molar-refractivity contribution in [2.75, 3.05) is 20.3 Å². The molecular weight excluding hydrogens is 192 g/mol. The molecule has 0 amide bonds. The first-order valence-corrected chi connectivity index (χ1v) is 5.19. The second kappa shape index (κ2) is 4.75. The minimum atomic E-state index is -0.488. The molecule has 0 radical (unpaired) electrons. The van der Waals surface area contributed by atoms with Gasteiger partial charge in [0.15, 0.2) is 0 Å². The third-order valence-corrected chi connectivity index (χ3v) is 2.77. The van der Waals surface area contributed by atoms with Crippen LogP contribution in [0.3, 0.4) is 0 Å². The zero-order chi connectivity index (χ0) is 10.7. The van der Waals surface area contributed by atoms with Crippen LogP contribution in [0.4, 0.5) is 0 Å². The lowest BCUT2D eigenvalue weighted by Gasteiger charge is -2.15. The van der Waals surface area contributed by atoms with Crippen molar-refractivity contribution in [1.29, 1.82) is 0 Å². The van der Waals surface area contributed by atoms with Crippen molar-refractivity contribution < 1.29 is 14.6 Å². The van der Waals surface area contributed by atoms with E-state index in [2.05, 4.69) is 0 Å². The molecule has 15 heavy (non-hydrogen) atoms. The number of rotatable bonds is 4. The molecule has 0 spiro atoms. The monoisotopic (exact) mass is 208 g/mol. The van der Waals surface area contributed by atoms with Crippen molar-refractivity contribution in [1.82, 2.24) is 0 Å². The number of hydrogen-bond acceptors (Lipinski definition) is 3. The van der Waals surface area contributed by atoms with E-state index in [4.69, 9.17) is 9.47 Å². The Balaban J connectivity index is 1.97. The molecule has 1 aromatic carbocycles. The van der Waals surface area contributed by atoms with Crippen LogP contribution in [-0.2, 0) is 15.9 Å². The fourth-order valence-electron chi connectivity index (χ4n) is 1.97. The maximum Gasteiger partial charge on any atom is 0.106 e. The van der Waals surface area contributed by atoms with Gasteiger partial charge in [-0.1, -0.05) is 24.3 Å². The Morgan fingerprint density at radius 3 is 2.87 bits per heavy atom. The Morgan fingerprint density at radius 2 is 2.13 bits per heavy atom. The summed E-state index contributed by atoms with van der Waals surface area (Å²) in [4.78, 5) is 0. The number of fused-ring (bicyclic) bond motifs is 1. The van der Waals surface area contributed by atoms with Gasteiger partial charge in [-0.2, -0.15) is 0 Å². The summed E-state index contributed by atoms with van der Waals surface area (Å²) >= 11 is 0. The van der Waals surface area contributed by atoms with E-state index in [0.717, 1.165) is 12.0 Å². The Bertz CT molecular complexity index is 324. The Hall–Kier alpha value is -0.900. The van der Waals surface area contributed by atoms with Gasteiger partial charge in [0.25, 0.3) is 0 Å². The lowest BCUT2D eigenvalue weighted by molar-refractivity contribution is -0.0432. The summed E-state index contributed by atoms with van der Waals surface area (Å²) < 4.78 is 10.5. The van der Waals surface area contributed by atoms with Gasteiger partial charge in [-0.05, 0) is 11.1 Å². The highest BCUT2D eigenvalue weighted by atomic mass is 16.5. The molecule has 1 aromatic rings. The van der Waals surface area contributed by atoms with E-state index < -0.39 is 6.10 Å². The standard InChI is InChI=1S/C12H16O3/c1-14-6-7-15-11-8-9-4-2-3-5-10(9)12(11)13/h2-5,11-13H,6-8H2,1H3. The molecule has 3 heteroatoms. The number of methoxy groups -OCH3 is 1. The maximum atomic E-state index is 9.97. The molecule has 0 aliphatic heterocycles. The molecule has 2 unspecified atom stereocenters. The molecule has 0 bridgehead atoms. The number of aliphatic hydroxyl groups excluding tert-OH is 1. The van der Waals surface area contributed by atoms with E-state index in [1.807, 2.05) is 24.3 Å². The summed E-state index contributed by atoms with van der Waals surface area (Å²) in [5.41, 5.74) is 2.19. The number of ether oxygens (including phenoxy) is 2. The van der Waals surface area contributed by atoms with Crippen molar-refractivity contribution in [3.63, 3.8) is 0 Å². The van der Waals surface area contributed by atoms with Crippen LogP contribution >= 0.6 is 0 Å². The van der Waals surface area contributed by atoms with E-state index in [9.17, 15) is 5.11 Å². The molecule has 0 saturated heterocycles. The fraction of sp³-hybridized carbons (Fsp3) is 0.500. The van der Waals surface area contributed by atoms with Crippen LogP contribution in [0.2, 0.25) is 0 Å². The minimum Gasteiger partial charge on any atom is -0.386 e. The van der Waals surface area contributed by atoms with Gasteiger partial charge in [0.05, 0.1) is 19.3 Å². The highest BCUT2D eigenvalue weighted by Crippen LogP contribution is 2.32. The average Bonchev–Trinajstić information content (AvgIpc) is 2.57. The molecule has 82 valence electrons. The second-order valence-corrected chi connectivity index (χ2v) is 3.75. The number of hydrogen-bond donors (Lipinski definition) is 1. The molecule has 0 fully saturated rings. The second-order valence-electron chi connectivity index (χ2n) is 3.75. The first kappa shape index (κ1) is 10.6. The van der Waals surface area contributed by atoms with Gasteiger partial charge in [-0.25, -0.2) is 0 Å². The van der Waals surface area contributed by atoms with Crippen molar-refractivity contribution >= 4 is 0 Å². The summed E-state index contributed by atoms with van der Waals surface area (Å²) in [5, 5.41) is 9.97. The SMILES string of the molecule is COCCOC1Cc2ccccc2C1O. The van der Waals surface area contributed by atoms with Gasteiger partial charge < -0.3 is 14.6 Å². The molecule has 0 aromatic heterocycles. The van der Waals surface area contributed by atoms with Crippen LogP contribution in [0.15, 0.2) is 24.3 Å². The Labute approximate surface area is 89.6 Å². The lowest BCUT2D eigenvalue weighted by Crippen LogP contribution is -2.20. The maximum absolute atomic E-state index is 9.97. The highest BCUT2D eigenvalue weighted by Gasteiger charge is 2.30. The topological polar surface area (TPSA) is 38.7 Å². The highest BCUT2D eigenvalue weighted by molar-refractivity contribution is 5.35. The molecule has 1 aliphatic carbocycles. The summed E-state index contributed by atoms with van der Waals surface area (Å²) in [7, 11) is 1.64. The van der Waals surface area contributed by atoms with Gasteiger partial charge in [0.2, 0.25) is 0 Å². The van der Waals surface area contributed by atoms with E-state index >= 15 is 0 Å². The van der Waals surface area contributed by atoms with Crippen LogP contribution in [0.25, 0.3) is 0 Å². The van der Waals surface area contributed by atoms with Gasteiger partial charge >= 0.3 is 0 Å². The lowest BCUT2D eigenvalue weighted by atomic mass is 10.1. The zero-order valence-electron chi connectivity index (χ0n) is 8.85. The van der Waals surface area contributed by atoms with Crippen LogP contribution in [0, 0.1) is 0 Å². The van der Waals surface area contributed by atoms with E-state index in [0.29, 0.717) is 13.2 Å². The van der Waals surface area contributed by atoms with Gasteiger partial charge in [0, 0.05) is 13.5 Å². The molecule has 2 rings (SSSR count). The summed E-state index contributed by atoms with van der Waals surface area (Å²) in [5.74, 6) is 0. The zero-order valence-corrected chi connectivity index (χ0v) is 8.85. The van der Waals surface area contributed by atoms with Crippen molar-refractivity contribution in [3.05, 3.63) is 35.4 Å². The smallest absolute Gasteiger partial charge is 0.106 e. The Morgan fingerprint density at radius 1 is 1.33 bits per heavy atom. The van der Waals surface area contributed by atoms with Crippen molar-refractivity contribution in [3.8, 4) is 0 Å². The fourth-order valence-corrected chi connectivity index (χ4v) is 1.97. The molecule has 3 nitrogen and oxygen atoms in total. The first-order valence-electron chi connectivity index (χ1n) is 5.19. The van der Waals surface area contributed by atoms with Gasteiger partial charge in [-0.15, -0.1) is 0 Å². The molecular formula is C12H16O3. The summed E-state index contributed by atoms with van der Waals surface area (Å²) in [6.07, 6.45) is 0.191. The third-order valence-electron chi connectivity index (χ3n) is 2.77. The largest absolute Gasteiger partial charge is 0.386 e. The van der Waals surface area contributed by atoms with Crippen LogP contribution in [-0.4, -0.2) is 31.5 Å². The van der Waals surface area contributed by atoms with E-state index in [1.54, 1.807) is 7.11 Å². The summed E-state index contributed by atoms with van der Waals surface area (Å²) in [6.45, 7) is 1.10. The van der Waals surface area contributed by atoms with Gasteiger partial charge in [-0.3, -0.25) is 0 Å². The van der Waals surface area contributed by atoms with Crippen LogP contribution < -0.4 is 0 Å². The average molecular weight is 208 g/mol. The Kier molecular flexibility index (Phi) is 3.36. The quantitative estimate of drug-likeness (QED) is 0.758. The molecule has 0 saturated carbocycles. The number of aliphatic hydroxyl groups is 1. The molecule has 1 aliphatic rings. The van der Waals surface area contributed by atoms with Gasteiger partial charge in [0.1, 0.15) is 6.10 Å². The predicted molar refractivity (Wildman–Crippen MR) is 56.7 cm³/mol. The number of benzene rings is 1. The third kappa shape index (κ3) is 2.20. The van der Waals surface area contributed by atoms with Crippen LogP contribution in [0.5, 0.6) is 0 Å². The predicted octanol–water partition coefficient (Wildman–Crippen LogP) is 1.31. The minimum absolute atomic E-state index is 0.113. The van der Waals surface area contributed by atoms with Crippen LogP contribution in [0.1, 0.15) is 17.2 Å². The first-order chi connectivity index (χ1) is 7.33. The van der Waals surface area contributed by atoms with E-state index in [-0.39, 0.29) is 6.10 Å². The van der Waals surface area contributed by atoms with Crippen molar-refractivity contribution in [2.45, 2.75) is 18.6 Å². The normalized spacial score (nSPS) is 24.1. The molecule has 0 heterocycles. The molecule has 2 atom stereocenters. The molecule has 1 N–H and O–H groups in total. The van der Waals surface area contributed by atoms with E-state index in [1.165, 1.54) is 5.56 Å². The summed E-state index contributed by atoms with van der Waals surface area (Å²) in [6, 6.07) is 7.93.